The Balaban J connectivity index is 5.05. The average Bonchev–Trinajstić information content (AvgIpc) is 2.54. The second-order valence-electron chi connectivity index (χ2n) is 5.38. The molecule has 0 aromatic heterocycles. The quantitative estimate of drug-likeness (QED) is 0.213. The monoisotopic (exact) mass is 393 g/mol. The molecule has 3 unspecified atom stereocenters. The molecule has 148 valence electrons. The van der Waals surface area contributed by atoms with Crippen LogP contribution in [0.25, 0.3) is 0 Å². The molecule has 0 aliphatic heterocycles. The normalized spacial score (nSPS) is 13.9. The molecule has 2 amide bonds. The molecule has 3 atom stereocenters. The fourth-order valence-corrected chi connectivity index (χ4v) is 2.33. The van der Waals surface area contributed by atoms with Gasteiger partial charge in [-0.3, -0.25) is 19.2 Å². The number of aliphatic carboxylic acids is 3. The molecule has 11 nitrogen and oxygen atoms in total. The van der Waals surface area contributed by atoms with Crippen molar-refractivity contribution in [2.45, 2.75) is 43.8 Å². The van der Waals surface area contributed by atoms with E-state index in [1.54, 1.807) is 0 Å². The minimum Gasteiger partial charge on any atom is -0.481 e. The van der Waals surface area contributed by atoms with Gasteiger partial charge in [-0.2, -0.15) is 11.8 Å². The van der Waals surface area contributed by atoms with E-state index in [9.17, 15) is 24.0 Å². The zero-order valence-electron chi connectivity index (χ0n) is 14.1. The first-order chi connectivity index (χ1) is 12.1. The number of amides is 2. The predicted octanol–water partition coefficient (Wildman–Crippen LogP) is -1.54. The Morgan fingerprint density at radius 2 is 1.50 bits per heavy atom. The number of nitrogens with one attached hydrogen (secondary N) is 2. The summed E-state index contributed by atoms with van der Waals surface area (Å²) >= 11 is 1.47. The number of hydrogen-bond donors (Lipinski definition) is 6. The van der Waals surface area contributed by atoms with Crippen molar-refractivity contribution >= 4 is 41.5 Å². The summed E-state index contributed by atoms with van der Waals surface area (Å²) in [5.74, 6) is -5.31. The molecule has 0 fully saturated rings. The summed E-state index contributed by atoms with van der Waals surface area (Å²) in [6.45, 7) is 0. The summed E-state index contributed by atoms with van der Waals surface area (Å²) in [6.07, 6.45) is 0.518. The third-order valence-corrected chi connectivity index (χ3v) is 3.89. The molecule has 0 saturated carbocycles. The van der Waals surface area contributed by atoms with Crippen molar-refractivity contribution in [3.63, 3.8) is 0 Å². The summed E-state index contributed by atoms with van der Waals surface area (Å²) in [7, 11) is 0. The topological polar surface area (TPSA) is 196 Å². The molecular weight excluding hydrogens is 370 g/mol. The Morgan fingerprint density at radius 1 is 0.923 bits per heavy atom. The molecular formula is C14H23N3O8S. The van der Waals surface area contributed by atoms with E-state index < -0.39 is 60.7 Å². The highest BCUT2D eigenvalue weighted by atomic mass is 32.2. The molecule has 0 aromatic rings. The van der Waals surface area contributed by atoms with Crippen LogP contribution in [0, 0.1) is 0 Å². The molecule has 0 aromatic carbocycles. The fraction of sp³-hybridized carbons (Fsp3) is 0.643. The second-order valence-corrected chi connectivity index (χ2v) is 6.36. The summed E-state index contributed by atoms with van der Waals surface area (Å²) < 4.78 is 0. The SMILES string of the molecule is CSCCC(N)C(=O)NC(CCC(=O)O)C(=O)NC(CC(=O)O)C(=O)O. The zero-order valence-corrected chi connectivity index (χ0v) is 15.0. The molecule has 0 spiro atoms. The molecule has 12 heteroatoms. The zero-order chi connectivity index (χ0) is 20.3. The van der Waals surface area contributed by atoms with E-state index in [-0.39, 0.29) is 6.42 Å². The number of carbonyl (C=O) groups excluding carboxylic acids is 2. The van der Waals surface area contributed by atoms with Gasteiger partial charge in [0.2, 0.25) is 11.8 Å². The third kappa shape index (κ3) is 9.84. The Kier molecular flexibility index (Phi) is 11.0. The maximum atomic E-state index is 12.2. The van der Waals surface area contributed by atoms with E-state index in [1.165, 1.54) is 11.8 Å². The Morgan fingerprint density at radius 3 is 1.96 bits per heavy atom. The van der Waals surface area contributed by atoms with Crippen LogP contribution >= 0.6 is 11.8 Å². The van der Waals surface area contributed by atoms with Gasteiger partial charge in [0.15, 0.2) is 0 Å². The van der Waals surface area contributed by atoms with Gasteiger partial charge in [-0.1, -0.05) is 0 Å². The first-order valence-corrected chi connectivity index (χ1v) is 8.99. The number of nitrogens with two attached hydrogens (primary N) is 1. The smallest absolute Gasteiger partial charge is 0.326 e. The van der Waals surface area contributed by atoms with Crippen LogP contribution in [-0.4, -0.2) is 75.2 Å². The highest BCUT2D eigenvalue weighted by Gasteiger charge is 2.29. The minimum atomic E-state index is -1.71. The van der Waals surface area contributed by atoms with E-state index in [1.807, 2.05) is 11.6 Å². The molecule has 0 aliphatic rings. The van der Waals surface area contributed by atoms with Gasteiger partial charge in [0, 0.05) is 6.42 Å². The van der Waals surface area contributed by atoms with Crippen molar-refractivity contribution in [3.05, 3.63) is 0 Å². The van der Waals surface area contributed by atoms with E-state index in [0.29, 0.717) is 12.2 Å². The van der Waals surface area contributed by atoms with Crippen molar-refractivity contribution in [3.8, 4) is 0 Å². The predicted molar refractivity (Wildman–Crippen MR) is 91.6 cm³/mol. The molecule has 0 heterocycles. The maximum Gasteiger partial charge on any atom is 0.326 e. The first kappa shape index (κ1) is 23.7. The largest absolute Gasteiger partial charge is 0.481 e. The van der Waals surface area contributed by atoms with E-state index in [0.717, 1.165) is 0 Å². The molecule has 26 heavy (non-hydrogen) atoms. The number of rotatable bonds is 13. The van der Waals surface area contributed by atoms with Crippen LogP contribution in [0.2, 0.25) is 0 Å². The van der Waals surface area contributed by atoms with Crippen LogP contribution in [-0.2, 0) is 24.0 Å². The average molecular weight is 393 g/mol. The number of carbonyl (C=O) groups is 5. The molecule has 0 bridgehead atoms. The maximum absolute atomic E-state index is 12.2. The van der Waals surface area contributed by atoms with Gasteiger partial charge < -0.3 is 31.7 Å². The van der Waals surface area contributed by atoms with Gasteiger partial charge in [-0.05, 0) is 24.9 Å². The molecule has 0 radical (unpaired) electrons. The van der Waals surface area contributed by atoms with Crippen LogP contribution in [0.4, 0.5) is 0 Å². The Bertz CT molecular complexity index is 542. The molecule has 7 N–H and O–H groups in total. The number of thioether (sulfide) groups is 1. The number of hydrogen-bond acceptors (Lipinski definition) is 7. The summed E-state index contributed by atoms with van der Waals surface area (Å²) in [5, 5.41) is 30.7. The first-order valence-electron chi connectivity index (χ1n) is 7.60. The van der Waals surface area contributed by atoms with Crippen molar-refractivity contribution in [1.29, 1.82) is 0 Å². The number of carboxylic acids is 3. The lowest BCUT2D eigenvalue weighted by Crippen LogP contribution is -2.54. The van der Waals surface area contributed by atoms with Gasteiger partial charge >= 0.3 is 17.9 Å². The summed E-state index contributed by atoms with van der Waals surface area (Å²) in [5.41, 5.74) is 5.68. The van der Waals surface area contributed by atoms with E-state index in [2.05, 4.69) is 5.32 Å². The van der Waals surface area contributed by atoms with Gasteiger partial charge in [0.1, 0.15) is 12.1 Å². The lowest BCUT2D eigenvalue weighted by atomic mass is 10.1. The third-order valence-electron chi connectivity index (χ3n) is 3.24. The van der Waals surface area contributed by atoms with E-state index in [4.69, 9.17) is 21.1 Å². The highest BCUT2D eigenvalue weighted by Crippen LogP contribution is 2.04. The Labute approximate surface area is 153 Å². The molecule has 0 saturated heterocycles. The van der Waals surface area contributed by atoms with Crippen molar-refractivity contribution < 1.29 is 39.3 Å². The van der Waals surface area contributed by atoms with Crippen molar-refractivity contribution in [2.75, 3.05) is 12.0 Å². The molecule has 0 rings (SSSR count). The molecule has 0 aliphatic carbocycles. The van der Waals surface area contributed by atoms with Crippen LogP contribution < -0.4 is 16.4 Å². The lowest BCUT2D eigenvalue weighted by Gasteiger charge is -2.22. The lowest BCUT2D eigenvalue weighted by molar-refractivity contribution is -0.147. The van der Waals surface area contributed by atoms with Gasteiger partial charge in [-0.25, -0.2) is 4.79 Å². The van der Waals surface area contributed by atoms with Gasteiger partial charge in [0.05, 0.1) is 12.5 Å². The minimum absolute atomic E-state index is 0.304. The van der Waals surface area contributed by atoms with Crippen molar-refractivity contribution in [2.24, 2.45) is 5.73 Å². The number of carboxylic acid groups (broad SMARTS) is 3. The summed E-state index contributed by atoms with van der Waals surface area (Å²) in [4.78, 5) is 56.6. The van der Waals surface area contributed by atoms with Crippen LogP contribution in [0.5, 0.6) is 0 Å². The summed E-state index contributed by atoms with van der Waals surface area (Å²) in [6, 6.07) is -3.99. The van der Waals surface area contributed by atoms with E-state index >= 15 is 0 Å². The van der Waals surface area contributed by atoms with Crippen molar-refractivity contribution in [1.82, 2.24) is 10.6 Å². The highest BCUT2D eigenvalue weighted by molar-refractivity contribution is 7.98. The fourth-order valence-electron chi connectivity index (χ4n) is 1.84. The van der Waals surface area contributed by atoms with Gasteiger partial charge in [0.25, 0.3) is 0 Å². The van der Waals surface area contributed by atoms with Crippen LogP contribution in [0.15, 0.2) is 0 Å². The van der Waals surface area contributed by atoms with Crippen LogP contribution in [0.1, 0.15) is 25.7 Å². The van der Waals surface area contributed by atoms with Gasteiger partial charge in [-0.15, -0.1) is 0 Å². The second kappa shape index (κ2) is 12.1. The standard InChI is InChI=1S/C14H23N3O8S/c1-26-5-4-7(15)12(22)16-8(2-3-10(18)19)13(23)17-9(14(24)25)6-11(20)21/h7-9H,2-6,15H2,1H3,(H,16,22)(H,17,23)(H,18,19)(H,20,21)(H,24,25). The van der Waals surface area contributed by atoms with Crippen LogP contribution in [0.3, 0.4) is 0 Å². The Hall–Kier alpha value is -2.34.